The van der Waals surface area contributed by atoms with E-state index in [2.05, 4.69) is 16.3 Å². The molecule has 0 spiro atoms. The quantitative estimate of drug-likeness (QED) is 0.622. The molecule has 0 saturated carbocycles. The monoisotopic (exact) mass is 304 g/mol. The molecule has 1 aromatic heterocycles. The molecule has 1 heterocycles. The molecule has 6 nitrogen and oxygen atoms in total. The van der Waals surface area contributed by atoms with Gasteiger partial charge in [-0.25, -0.2) is 9.89 Å². The Balaban J connectivity index is 2.07. The molecule has 0 radical (unpaired) electrons. The van der Waals surface area contributed by atoms with E-state index in [1.807, 2.05) is 18.2 Å². The number of nitrogens with zero attached hydrogens (tertiary/aromatic N) is 3. The molecule has 0 fully saturated rings. The summed E-state index contributed by atoms with van der Waals surface area (Å²) in [6, 6.07) is 9.59. The zero-order chi connectivity index (χ0) is 15.1. The maximum absolute atomic E-state index is 11.7. The summed E-state index contributed by atoms with van der Waals surface area (Å²) in [5.41, 5.74) is 1.36. The minimum atomic E-state index is -0.220. The number of aromatic nitrogens is 3. The van der Waals surface area contributed by atoms with Crippen LogP contribution in [0.15, 0.2) is 34.2 Å². The van der Waals surface area contributed by atoms with Crippen LogP contribution in [0, 0.1) is 11.3 Å². The summed E-state index contributed by atoms with van der Waals surface area (Å²) in [5, 5.41) is 16.2. The first-order valence-electron chi connectivity index (χ1n) is 6.51. The molecule has 1 N–H and O–H groups in total. The van der Waals surface area contributed by atoms with Crippen LogP contribution in [0.1, 0.15) is 17.5 Å². The molecular weight excluding hydrogens is 288 g/mol. The number of nitrogens with one attached hydrogen (secondary N) is 1. The van der Waals surface area contributed by atoms with Gasteiger partial charge in [-0.05, 0) is 18.1 Å². The topological polar surface area (TPSA) is 83.7 Å². The van der Waals surface area contributed by atoms with Gasteiger partial charge < -0.3 is 4.74 Å². The van der Waals surface area contributed by atoms with Crippen molar-refractivity contribution in [1.29, 1.82) is 5.26 Å². The molecule has 1 aromatic carbocycles. The average molecular weight is 304 g/mol. The van der Waals surface area contributed by atoms with Gasteiger partial charge in [0.05, 0.1) is 11.6 Å². The van der Waals surface area contributed by atoms with E-state index in [4.69, 9.17) is 10.00 Å². The number of methoxy groups -OCH3 is 1. The molecule has 0 aliphatic rings. The molecular formula is C14H16N4O2S. The molecule has 0 atom stereocenters. The first-order chi connectivity index (χ1) is 10.3. The van der Waals surface area contributed by atoms with E-state index in [0.717, 1.165) is 12.0 Å². The summed E-state index contributed by atoms with van der Waals surface area (Å²) in [6.07, 6.45) is 0.748. The zero-order valence-electron chi connectivity index (χ0n) is 11.7. The maximum Gasteiger partial charge on any atom is 0.343 e. The van der Waals surface area contributed by atoms with E-state index in [9.17, 15) is 4.79 Å². The van der Waals surface area contributed by atoms with Crippen molar-refractivity contribution in [3.8, 4) is 6.07 Å². The second kappa shape index (κ2) is 7.67. The number of hydrogen-bond donors (Lipinski definition) is 1. The Morgan fingerprint density at radius 1 is 1.48 bits per heavy atom. The lowest BCUT2D eigenvalue weighted by Crippen LogP contribution is -2.18. The second-order valence-corrected chi connectivity index (χ2v) is 5.31. The normalized spacial score (nSPS) is 10.5. The van der Waals surface area contributed by atoms with Crippen molar-refractivity contribution in [3.05, 3.63) is 45.9 Å². The number of nitriles is 1. The molecule has 7 heteroatoms. The summed E-state index contributed by atoms with van der Waals surface area (Å²) < 4.78 is 6.59. The highest BCUT2D eigenvalue weighted by Gasteiger charge is 2.10. The van der Waals surface area contributed by atoms with Gasteiger partial charge in [-0.1, -0.05) is 30.0 Å². The summed E-state index contributed by atoms with van der Waals surface area (Å²) in [4.78, 5) is 11.7. The fourth-order valence-corrected chi connectivity index (χ4v) is 2.85. The lowest BCUT2D eigenvalue weighted by molar-refractivity contribution is 0.189. The second-order valence-electron chi connectivity index (χ2n) is 4.37. The van der Waals surface area contributed by atoms with Gasteiger partial charge in [-0.2, -0.15) is 5.26 Å². The van der Waals surface area contributed by atoms with Crippen molar-refractivity contribution in [2.24, 2.45) is 0 Å². The number of hydrogen-bond acceptors (Lipinski definition) is 5. The van der Waals surface area contributed by atoms with Crippen LogP contribution < -0.4 is 5.69 Å². The van der Waals surface area contributed by atoms with Crippen LogP contribution in [-0.2, 0) is 17.0 Å². The molecule has 21 heavy (non-hydrogen) atoms. The highest BCUT2D eigenvalue weighted by Crippen LogP contribution is 2.21. The molecule has 2 rings (SSSR count). The number of ether oxygens (including phenoxy) is 1. The third-order valence-corrected chi connectivity index (χ3v) is 3.97. The summed E-state index contributed by atoms with van der Waals surface area (Å²) in [7, 11) is 1.63. The fourth-order valence-electron chi connectivity index (χ4n) is 1.88. The predicted molar refractivity (Wildman–Crippen MR) is 80.1 cm³/mol. The predicted octanol–water partition coefficient (Wildman–Crippen LogP) is 1.77. The van der Waals surface area contributed by atoms with Crippen molar-refractivity contribution >= 4 is 11.8 Å². The fraction of sp³-hybridized carbons (Fsp3) is 0.357. The lowest BCUT2D eigenvalue weighted by Gasteiger charge is -2.06. The van der Waals surface area contributed by atoms with Crippen LogP contribution in [0.3, 0.4) is 0 Å². The molecule has 2 aromatic rings. The van der Waals surface area contributed by atoms with Gasteiger partial charge >= 0.3 is 5.69 Å². The van der Waals surface area contributed by atoms with E-state index in [-0.39, 0.29) is 5.69 Å². The number of rotatable bonds is 7. The van der Waals surface area contributed by atoms with Crippen molar-refractivity contribution in [1.82, 2.24) is 14.8 Å². The molecule has 0 amide bonds. The van der Waals surface area contributed by atoms with Gasteiger partial charge in [-0.15, -0.1) is 5.10 Å². The Morgan fingerprint density at radius 3 is 3.05 bits per heavy atom. The largest absolute Gasteiger partial charge is 0.385 e. The minimum Gasteiger partial charge on any atom is -0.385 e. The summed E-state index contributed by atoms with van der Waals surface area (Å²) in [5.74, 6) is 0.596. The van der Waals surface area contributed by atoms with Gasteiger partial charge in [0.2, 0.25) is 0 Å². The third-order valence-electron chi connectivity index (χ3n) is 2.95. The summed E-state index contributed by atoms with van der Waals surface area (Å²) in [6.45, 7) is 1.16. The van der Waals surface area contributed by atoms with Crippen LogP contribution in [0.25, 0.3) is 0 Å². The van der Waals surface area contributed by atoms with Gasteiger partial charge in [0.25, 0.3) is 0 Å². The van der Waals surface area contributed by atoms with Gasteiger partial charge in [0.15, 0.2) is 5.16 Å². The zero-order valence-corrected chi connectivity index (χ0v) is 12.5. The number of H-pyrrole nitrogens is 1. The Bertz CT molecular complexity index is 687. The Hall–Kier alpha value is -2.04. The van der Waals surface area contributed by atoms with Crippen molar-refractivity contribution in [2.75, 3.05) is 13.7 Å². The van der Waals surface area contributed by atoms with Gasteiger partial charge in [0, 0.05) is 26.0 Å². The molecule has 0 saturated heterocycles. The van der Waals surface area contributed by atoms with Crippen LogP contribution in [0.4, 0.5) is 0 Å². The van der Waals surface area contributed by atoms with Crippen LogP contribution in [0.5, 0.6) is 0 Å². The smallest absolute Gasteiger partial charge is 0.343 e. The minimum absolute atomic E-state index is 0.220. The van der Waals surface area contributed by atoms with E-state index in [1.54, 1.807) is 17.7 Å². The first-order valence-corrected chi connectivity index (χ1v) is 7.49. The SMILES string of the molecule is COCCCn1c(SCc2ccccc2C#N)n[nH]c1=O. The Kier molecular flexibility index (Phi) is 5.60. The average Bonchev–Trinajstić information content (AvgIpc) is 2.86. The van der Waals surface area contributed by atoms with E-state index in [1.165, 1.54) is 11.8 Å². The van der Waals surface area contributed by atoms with Crippen molar-refractivity contribution < 1.29 is 4.74 Å². The standard InChI is InChI=1S/C14H16N4O2S/c1-20-8-4-7-18-13(19)16-17-14(18)21-10-12-6-3-2-5-11(12)9-15/h2-3,5-6H,4,7-8,10H2,1H3,(H,16,19). The van der Waals surface area contributed by atoms with Crippen molar-refractivity contribution in [2.45, 2.75) is 23.9 Å². The van der Waals surface area contributed by atoms with Crippen molar-refractivity contribution in [3.63, 3.8) is 0 Å². The Morgan fingerprint density at radius 2 is 2.29 bits per heavy atom. The van der Waals surface area contributed by atoms with Crippen LogP contribution in [-0.4, -0.2) is 28.5 Å². The number of thioether (sulfide) groups is 1. The van der Waals surface area contributed by atoms with E-state index < -0.39 is 0 Å². The molecule has 0 aliphatic carbocycles. The van der Waals surface area contributed by atoms with Crippen LogP contribution >= 0.6 is 11.8 Å². The molecule has 0 bridgehead atoms. The Labute approximate surface area is 126 Å². The number of benzene rings is 1. The third kappa shape index (κ3) is 3.97. The van der Waals surface area contributed by atoms with Gasteiger partial charge in [-0.3, -0.25) is 4.57 Å². The highest BCUT2D eigenvalue weighted by molar-refractivity contribution is 7.98. The summed E-state index contributed by atoms with van der Waals surface area (Å²) >= 11 is 1.44. The maximum atomic E-state index is 11.7. The molecule has 0 aliphatic heterocycles. The molecule has 110 valence electrons. The van der Waals surface area contributed by atoms with E-state index >= 15 is 0 Å². The lowest BCUT2D eigenvalue weighted by atomic mass is 10.1. The first kappa shape index (κ1) is 15.4. The van der Waals surface area contributed by atoms with E-state index in [0.29, 0.717) is 29.6 Å². The highest BCUT2D eigenvalue weighted by atomic mass is 32.2. The molecule has 0 unspecified atom stereocenters. The van der Waals surface area contributed by atoms with Crippen LogP contribution in [0.2, 0.25) is 0 Å². The van der Waals surface area contributed by atoms with Gasteiger partial charge in [0.1, 0.15) is 0 Å². The number of aromatic amines is 1.